The Bertz CT molecular complexity index is 358. The van der Waals surface area contributed by atoms with Crippen molar-refractivity contribution in [3.05, 3.63) is 41.0 Å². The van der Waals surface area contributed by atoms with Crippen molar-refractivity contribution >= 4 is 5.57 Å². The SMILES string of the molecule is CCC1=C(C)c2[c]cccc2C1C. The molecule has 0 saturated heterocycles. The molecule has 0 amide bonds. The molecular formula is C13H15. The topological polar surface area (TPSA) is 0 Å². The fraction of sp³-hybridized carbons (Fsp3) is 0.385. The van der Waals surface area contributed by atoms with Gasteiger partial charge in [-0.3, -0.25) is 0 Å². The molecular weight excluding hydrogens is 156 g/mol. The monoisotopic (exact) mass is 171 g/mol. The van der Waals surface area contributed by atoms with Crippen LogP contribution in [-0.2, 0) is 0 Å². The normalized spacial score (nSPS) is 20.7. The molecule has 67 valence electrons. The second-order valence-electron chi connectivity index (χ2n) is 3.73. The first-order chi connectivity index (χ1) is 6.25. The van der Waals surface area contributed by atoms with Gasteiger partial charge < -0.3 is 0 Å². The summed E-state index contributed by atoms with van der Waals surface area (Å²) in [5.41, 5.74) is 5.83. The van der Waals surface area contributed by atoms with Crippen LogP contribution in [0.25, 0.3) is 5.57 Å². The zero-order chi connectivity index (χ0) is 9.42. The lowest BCUT2D eigenvalue weighted by molar-refractivity contribution is 0.862. The zero-order valence-electron chi connectivity index (χ0n) is 8.52. The third kappa shape index (κ3) is 1.13. The average Bonchev–Trinajstić information content (AvgIpc) is 2.41. The first-order valence-corrected chi connectivity index (χ1v) is 4.96. The van der Waals surface area contributed by atoms with E-state index < -0.39 is 0 Å². The highest BCUT2D eigenvalue weighted by Crippen LogP contribution is 2.42. The molecule has 0 saturated carbocycles. The summed E-state index contributed by atoms with van der Waals surface area (Å²) in [6.07, 6.45) is 1.16. The number of rotatable bonds is 1. The predicted octanol–water partition coefficient (Wildman–Crippen LogP) is 3.79. The van der Waals surface area contributed by atoms with Gasteiger partial charge in [-0.25, -0.2) is 0 Å². The summed E-state index contributed by atoms with van der Waals surface area (Å²) in [5.74, 6) is 0.609. The van der Waals surface area contributed by atoms with E-state index in [-0.39, 0.29) is 0 Å². The van der Waals surface area contributed by atoms with E-state index >= 15 is 0 Å². The summed E-state index contributed by atoms with van der Waals surface area (Å²) in [7, 11) is 0. The molecule has 0 spiro atoms. The van der Waals surface area contributed by atoms with Gasteiger partial charge in [-0.1, -0.05) is 37.6 Å². The maximum absolute atomic E-state index is 3.34. The van der Waals surface area contributed by atoms with Crippen LogP contribution in [0.15, 0.2) is 23.8 Å². The Hall–Kier alpha value is -1.04. The molecule has 13 heavy (non-hydrogen) atoms. The molecule has 1 aliphatic rings. The first kappa shape index (κ1) is 8.55. The van der Waals surface area contributed by atoms with Crippen LogP contribution in [0, 0.1) is 6.07 Å². The molecule has 2 rings (SSSR count). The Morgan fingerprint density at radius 1 is 1.46 bits per heavy atom. The van der Waals surface area contributed by atoms with E-state index in [1.54, 1.807) is 5.57 Å². The molecule has 0 aliphatic heterocycles. The van der Waals surface area contributed by atoms with Gasteiger partial charge in [-0.2, -0.15) is 0 Å². The van der Waals surface area contributed by atoms with Gasteiger partial charge in [-0.15, -0.1) is 0 Å². The number of hydrogen-bond acceptors (Lipinski definition) is 0. The van der Waals surface area contributed by atoms with Crippen LogP contribution in [0.5, 0.6) is 0 Å². The molecule has 0 heterocycles. The van der Waals surface area contributed by atoms with E-state index in [0.717, 1.165) is 6.42 Å². The van der Waals surface area contributed by atoms with Gasteiger partial charge in [0.25, 0.3) is 0 Å². The van der Waals surface area contributed by atoms with E-state index in [4.69, 9.17) is 0 Å². The summed E-state index contributed by atoms with van der Waals surface area (Å²) in [5, 5.41) is 0. The van der Waals surface area contributed by atoms with E-state index in [1.165, 1.54) is 16.7 Å². The minimum Gasteiger partial charge on any atom is -0.0616 e. The maximum Gasteiger partial charge on any atom is 0.00319 e. The van der Waals surface area contributed by atoms with Crippen LogP contribution < -0.4 is 0 Å². The molecule has 0 heteroatoms. The van der Waals surface area contributed by atoms with Crippen molar-refractivity contribution in [2.75, 3.05) is 0 Å². The van der Waals surface area contributed by atoms with Gasteiger partial charge in [0.05, 0.1) is 0 Å². The second kappa shape index (κ2) is 3.02. The highest BCUT2D eigenvalue weighted by molar-refractivity contribution is 5.76. The largest absolute Gasteiger partial charge is 0.0616 e. The summed E-state index contributed by atoms with van der Waals surface area (Å²) in [6, 6.07) is 9.65. The highest BCUT2D eigenvalue weighted by atomic mass is 14.3. The van der Waals surface area contributed by atoms with Gasteiger partial charge in [0.15, 0.2) is 0 Å². The Kier molecular flexibility index (Phi) is 1.99. The lowest BCUT2D eigenvalue weighted by Crippen LogP contribution is -1.91. The highest BCUT2D eigenvalue weighted by Gasteiger charge is 2.23. The fourth-order valence-corrected chi connectivity index (χ4v) is 2.38. The Morgan fingerprint density at radius 3 is 2.85 bits per heavy atom. The third-order valence-corrected chi connectivity index (χ3v) is 3.12. The molecule has 0 fully saturated rings. The number of fused-ring (bicyclic) bond motifs is 1. The third-order valence-electron chi connectivity index (χ3n) is 3.12. The van der Waals surface area contributed by atoms with Gasteiger partial charge in [0, 0.05) is 5.92 Å². The summed E-state index contributed by atoms with van der Waals surface area (Å²) in [4.78, 5) is 0. The molecule has 1 aromatic carbocycles. The van der Waals surface area contributed by atoms with Crippen LogP contribution in [-0.4, -0.2) is 0 Å². The van der Waals surface area contributed by atoms with E-state index in [9.17, 15) is 0 Å². The van der Waals surface area contributed by atoms with Crippen LogP contribution in [0.2, 0.25) is 0 Å². The Morgan fingerprint density at radius 2 is 2.23 bits per heavy atom. The zero-order valence-corrected chi connectivity index (χ0v) is 8.52. The van der Waals surface area contributed by atoms with Gasteiger partial charge in [-0.05, 0) is 36.1 Å². The van der Waals surface area contributed by atoms with Crippen molar-refractivity contribution in [2.24, 2.45) is 0 Å². The molecule has 1 unspecified atom stereocenters. The lowest BCUT2D eigenvalue weighted by Gasteiger charge is -2.08. The quantitative estimate of drug-likeness (QED) is 0.603. The van der Waals surface area contributed by atoms with Gasteiger partial charge >= 0.3 is 0 Å². The first-order valence-electron chi connectivity index (χ1n) is 4.96. The van der Waals surface area contributed by atoms with Crippen LogP contribution in [0.3, 0.4) is 0 Å². The number of allylic oxidation sites excluding steroid dienone is 2. The molecule has 1 radical (unpaired) electrons. The number of benzene rings is 1. The van der Waals surface area contributed by atoms with Crippen molar-refractivity contribution in [2.45, 2.75) is 33.1 Å². The van der Waals surface area contributed by atoms with Crippen molar-refractivity contribution in [1.82, 2.24) is 0 Å². The smallest absolute Gasteiger partial charge is 0.00319 e. The summed E-state index contributed by atoms with van der Waals surface area (Å²) in [6.45, 7) is 6.75. The van der Waals surface area contributed by atoms with Crippen molar-refractivity contribution in [3.63, 3.8) is 0 Å². The molecule has 0 bridgehead atoms. The van der Waals surface area contributed by atoms with E-state index in [1.807, 2.05) is 6.07 Å². The van der Waals surface area contributed by atoms with E-state index in [2.05, 4.69) is 39.0 Å². The van der Waals surface area contributed by atoms with Gasteiger partial charge in [0.2, 0.25) is 0 Å². The molecule has 1 aromatic rings. The molecule has 0 nitrogen and oxygen atoms in total. The van der Waals surface area contributed by atoms with Crippen LogP contribution in [0.1, 0.15) is 44.2 Å². The predicted molar refractivity (Wildman–Crippen MR) is 56.6 cm³/mol. The lowest BCUT2D eigenvalue weighted by atomic mass is 9.96. The molecule has 1 aliphatic carbocycles. The van der Waals surface area contributed by atoms with E-state index in [0.29, 0.717) is 5.92 Å². The second-order valence-corrected chi connectivity index (χ2v) is 3.73. The molecule has 1 atom stereocenters. The summed E-state index contributed by atoms with van der Waals surface area (Å²) < 4.78 is 0. The summed E-state index contributed by atoms with van der Waals surface area (Å²) >= 11 is 0. The Balaban J connectivity index is 2.58. The Labute approximate surface area is 80.3 Å². The molecule has 0 aromatic heterocycles. The van der Waals surface area contributed by atoms with Crippen molar-refractivity contribution in [1.29, 1.82) is 0 Å². The van der Waals surface area contributed by atoms with Gasteiger partial charge in [0.1, 0.15) is 0 Å². The van der Waals surface area contributed by atoms with Crippen LogP contribution >= 0.6 is 0 Å². The van der Waals surface area contributed by atoms with Crippen LogP contribution in [0.4, 0.5) is 0 Å². The minimum atomic E-state index is 0.609. The fourth-order valence-electron chi connectivity index (χ4n) is 2.38. The minimum absolute atomic E-state index is 0.609. The maximum atomic E-state index is 3.34. The van der Waals surface area contributed by atoms with Crippen molar-refractivity contribution < 1.29 is 0 Å². The number of hydrogen-bond donors (Lipinski definition) is 0. The van der Waals surface area contributed by atoms with Crippen molar-refractivity contribution in [3.8, 4) is 0 Å². The molecule has 0 N–H and O–H groups in total. The standard InChI is InChI=1S/C13H15/c1-4-11-9(2)12-7-5-6-8-13(12)10(11)3/h5-7,9H,4H2,1-3H3. The average molecular weight is 171 g/mol.